The number of carbonyl (C=O) groups is 2. The number of aryl methyl sites for hydroxylation is 2. The van der Waals surface area contributed by atoms with Crippen LogP contribution < -0.4 is 10.7 Å². The number of hydrazone groups is 1. The van der Waals surface area contributed by atoms with Crippen LogP contribution in [0, 0.1) is 13.8 Å². The Hall–Kier alpha value is -3.41. The van der Waals surface area contributed by atoms with Crippen molar-refractivity contribution in [3.63, 3.8) is 0 Å². The van der Waals surface area contributed by atoms with Crippen molar-refractivity contribution in [1.29, 1.82) is 0 Å². The molecule has 160 valence electrons. The molecule has 0 saturated heterocycles. The number of anilines is 2. The maximum atomic E-state index is 13.3. The fourth-order valence-electron chi connectivity index (χ4n) is 3.41. The molecule has 4 rings (SSSR count). The molecule has 1 aliphatic rings. The molecule has 0 saturated carbocycles. The minimum absolute atomic E-state index is 0.00595. The Kier molecular flexibility index (Phi) is 6.12. The van der Waals surface area contributed by atoms with Crippen molar-refractivity contribution in [2.45, 2.75) is 13.8 Å². The second-order valence-corrected chi connectivity index (χ2v) is 8.29. The number of fused-ring (bicyclic) bond motifs is 1. The number of amides is 1. The van der Waals surface area contributed by atoms with Gasteiger partial charge in [-0.15, -0.1) is 0 Å². The monoisotopic (exact) mass is 463 g/mol. The second-order valence-electron chi connectivity index (χ2n) is 7.42. The summed E-state index contributed by atoms with van der Waals surface area (Å²) in [7, 11) is 0. The van der Waals surface area contributed by atoms with E-state index < -0.39 is 11.7 Å². The van der Waals surface area contributed by atoms with Crippen LogP contribution in [-0.2, 0) is 9.59 Å². The van der Waals surface area contributed by atoms with Gasteiger partial charge in [0.2, 0.25) is 5.78 Å². The van der Waals surface area contributed by atoms with Gasteiger partial charge in [-0.3, -0.25) is 15.0 Å². The summed E-state index contributed by atoms with van der Waals surface area (Å²) in [5, 5.41) is 8.35. The summed E-state index contributed by atoms with van der Waals surface area (Å²) >= 11 is 12.0. The first-order valence-electron chi connectivity index (χ1n) is 9.86. The van der Waals surface area contributed by atoms with Gasteiger partial charge >= 0.3 is 0 Å². The van der Waals surface area contributed by atoms with E-state index in [0.29, 0.717) is 27.0 Å². The maximum absolute atomic E-state index is 13.3. The molecule has 7 heteroatoms. The molecule has 2 N–H and O–H groups in total. The van der Waals surface area contributed by atoms with E-state index in [4.69, 9.17) is 23.2 Å². The fourth-order valence-corrected chi connectivity index (χ4v) is 3.87. The van der Waals surface area contributed by atoms with Gasteiger partial charge < -0.3 is 5.32 Å². The van der Waals surface area contributed by atoms with Crippen molar-refractivity contribution in [1.82, 2.24) is 0 Å². The third kappa shape index (κ3) is 4.44. The molecule has 0 spiro atoms. The van der Waals surface area contributed by atoms with E-state index in [1.165, 1.54) is 0 Å². The molecule has 0 bridgehead atoms. The average molecular weight is 464 g/mol. The predicted octanol–water partition coefficient (Wildman–Crippen LogP) is 6.03. The molecular formula is C25H19Cl2N3O2. The van der Waals surface area contributed by atoms with E-state index in [9.17, 15) is 9.59 Å². The van der Waals surface area contributed by atoms with Crippen LogP contribution in [0.5, 0.6) is 0 Å². The summed E-state index contributed by atoms with van der Waals surface area (Å²) < 4.78 is 0. The van der Waals surface area contributed by atoms with Crippen LogP contribution in [0.4, 0.5) is 11.4 Å². The standard InChI is InChI=1S/C25H19Cl2N3O2/c1-14-11-17(26)7-9-21(14)28-25(32)20-13-16-5-3-4-6-19(16)23(24(20)31)30-29-22-10-8-18(27)12-15(22)2/h3-13,29H,1-2H3,(H,28,32)/b30-23-. The largest absolute Gasteiger partial charge is 0.322 e. The van der Waals surface area contributed by atoms with Gasteiger partial charge in [0.15, 0.2) is 0 Å². The van der Waals surface area contributed by atoms with Crippen molar-refractivity contribution >= 4 is 58.1 Å². The van der Waals surface area contributed by atoms with E-state index in [0.717, 1.165) is 16.7 Å². The Morgan fingerprint density at radius 1 is 0.875 bits per heavy atom. The van der Waals surface area contributed by atoms with Gasteiger partial charge in [0.1, 0.15) is 5.71 Å². The highest BCUT2D eigenvalue weighted by atomic mass is 35.5. The lowest BCUT2D eigenvalue weighted by Gasteiger charge is -2.18. The third-order valence-corrected chi connectivity index (χ3v) is 5.60. The number of benzene rings is 3. The Morgan fingerprint density at radius 3 is 2.16 bits per heavy atom. The van der Waals surface area contributed by atoms with Gasteiger partial charge in [-0.05, 0) is 73.0 Å². The fraction of sp³-hybridized carbons (Fsp3) is 0.0800. The van der Waals surface area contributed by atoms with Gasteiger partial charge in [-0.25, -0.2) is 0 Å². The zero-order chi connectivity index (χ0) is 22.8. The van der Waals surface area contributed by atoms with Crippen LogP contribution in [0.2, 0.25) is 10.0 Å². The Balaban J connectivity index is 1.68. The van der Waals surface area contributed by atoms with Crippen molar-refractivity contribution in [2.24, 2.45) is 5.10 Å². The molecule has 5 nitrogen and oxygen atoms in total. The summed E-state index contributed by atoms with van der Waals surface area (Å²) in [5.41, 5.74) is 7.46. The summed E-state index contributed by atoms with van der Waals surface area (Å²) in [4.78, 5) is 26.3. The smallest absolute Gasteiger partial charge is 0.259 e. The molecule has 0 radical (unpaired) electrons. The normalized spacial score (nSPS) is 14.1. The van der Waals surface area contributed by atoms with Gasteiger partial charge in [-0.1, -0.05) is 47.5 Å². The van der Waals surface area contributed by atoms with Crippen molar-refractivity contribution < 1.29 is 9.59 Å². The molecule has 3 aromatic rings. The zero-order valence-corrected chi connectivity index (χ0v) is 18.9. The minimum atomic E-state index is -0.509. The highest BCUT2D eigenvalue weighted by molar-refractivity contribution is 6.59. The van der Waals surface area contributed by atoms with E-state index in [1.807, 2.05) is 32.0 Å². The van der Waals surface area contributed by atoms with Crippen LogP contribution >= 0.6 is 23.2 Å². The van der Waals surface area contributed by atoms with Crippen LogP contribution in [0.25, 0.3) is 6.08 Å². The van der Waals surface area contributed by atoms with Gasteiger partial charge in [-0.2, -0.15) is 5.10 Å². The number of carbonyl (C=O) groups excluding carboxylic acids is 2. The molecule has 32 heavy (non-hydrogen) atoms. The predicted molar refractivity (Wildman–Crippen MR) is 131 cm³/mol. The summed E-state index contributed by atoms with van der Waals surface area (Å²) in [6, 6.07) is 17.8. The van der Waals surface area contributed by atoms with Gasteiger partial charge in [0.25, 0.3) is 5.91 Å². The molecule has 0 aromatic heterocycles. The Bertz CT molecular complexity index is 1310. The second kappa shape index (κ2) is 8.99. The molecule has 0 heterocycles. The molecular weight excluding hydrogens is 445 g/mol. The van der Waals surface area contributed by atoms with E-state index >= 15 is 0 Å². The molecule has 1 amide bonds. The highest BCUT2D eigenvalue weighted by Crippen LogP contribution is 2.26. The van der Waals surface area contributed by atoms with Crippen molar-refractivity contribution in [3.8, 4) is 0 Å². The number of hydrogen-bond donors (Lipinski definition) is 2. The SMILES string of the molecule is Cc1cc(Cl)ccc1N/N=C1\C(=O)C(C(=O)Nc2ccc(Cl)cc2C)=Cc2ccccc21. The molecule has 3 aromatic carbocycles. The topological polar surface area (TPSA) is 70.6 Å². The Labute approximate surface area is 195 Å². The van der Waals surface area contributed by atoms with E-state index in [1.54, 1.807) is 48.5 Å². The first-order chi connectivity index (χ1) is 15.3. The lowest BCUT2D eigenvalue weighted by Crippen LogP contribution is -2.30. The lowest BCUT2D eigenvalue weighted by atomic mass is 9.89. The van der Waals surface area contributed by atoms with Gasteiger partial charge in [0, 0.05) is 21.3 Å². The van der Waals surface area contributed by atoms with Crippen LogP contribution in [0.15, 0.2) is 71.3 Å². The van der Waals surface area contributed by atoms with Crippen LogP contribution in [0.3, 0.4) is 0 Å². The number of hydrogen-bond acceptors (Lipinski definition) is 4. The molecule has 0 fully saturated rings. The third-order valence-electron chi connectivity index (χ3n) is 5.13. The van der Waals surface area contributed by atoms with Crippen molar-refractivity contribution in [3.05, 3.63) is 98.5 Å². The average Bonchev–Trinajstić information content (AvgIpc) is 2.75. The number of Topliss-reactive ketones (excluding diaryl/α,β-unsaturated/α-hetero) is 1. The number of halogens is 2. The number of nitrogens with one attached hydrogen (secondary N) is 2. The van der Waals surface area contributed by atoms with E-state index in [2.05, 4.69) is 15.8 Å². The minimum Gasteiger partial charge on any atom is -0.322 e. The van der Waals surface area contributed by atoms with Crippen LogP contribution in [-0.4, -0.2) is 17.4 Å². The van der Waals surface area contributed by atoms with Crippen LogP contribution in [0.1, 0.15) is 22.3 Å². The quantitative estimate of drug-likeness (QED) is 0.366. The molecule has 0 unspecified atom stereocenters. The molecule has 1 aliphatic carbocycles. The summed E-state index contributed by atoms with van der Waals surface area (Å²) in [6.45, 7) is 3.72. The number of ketones is 1. The van der Waals surface area contributed by atoms with E-state index in [-0.39, 0.29) is 11.3 Å². The summed E-state index contributed by atoms with van der Waals surface area (Å²) in [6.07, 6.45) is 1.59. The first kappa shape index (κ1) is 21.8. The van der Waals surface area contributed by atoms with Crippen molar-refractivity contribution in [2.75, 3.05) is 10.7 Å². The summed E-state index contributed by atoms with van der Waals surface area (Å²) in [5.74, 6) is -0.975. The van der Waals surface area contributed by atoms with Gasteiger partial charge in [0.05, 0.1) is 11.3 Å². The molecule has 0 aliphatic heterocycles. The number of nitrogens with zero attached hydrogens (tertiary/aromatic N) is 1. The lowest BCUT2D eigenvalue weighted by molar-refractivity contribution is -0.116. The zero-order valence-electron chi connectivity index (χ0n) is 17.4. The highest BCUT2D eigenvalue weighted by Gasteiger charge is 2.30. The Morgan fingerprint density at radius 2 is 1.50 bits per heavy atom. The molecule has 0 atom stereocenters. The first-order valence-corrected chi connectivity index (χ1v) is 10.6. The number of rotatable bonds is 4. The maximum Gasteiger partial charge on any atom is 0.259 e.